The zero-order chi connectivity index (χ0) is 23.8. The van der Waals surface area contributed by atoms with Crippen molar-refractivity contribution < 1.29 is 12.9 Å². The molecule has 0 saturated heterocycles. The molecule has 0 fully saturated rings. The SMILES string of the molecule is C/C(=C\c1ccc(C(=O)O)cc1)c1ccc2c(c1)C(C)(C)CCC2(C)C.[3H][3H].[B]N=P. The molecule has 2 radical (unpaired) electrons. The molecular formula is C24H31BNO2P. The first kappa shape index (κ1) is 21.5. The fourth-order valence-electron chi connectivity index (χ4n) is 3.89. The number of hydrogen-bond acceptors (Lipinski definition) is 2. The van der Waals surface area contributed by atoms with Gasteiger partial charge in [-0.25, -0.2) is 4.79 Å². The lowest BCUT2D eigenvalue weighted by Gasteiger charge is -2.42. The number of carboxylic acids is 1. The molecule has 0 aliphatic heterocycles. The summed E-state index contributed by atoms with van der Waals surface area (Å²) in [5.74, 6) is -0.892. The Morgan fingerprint density at radius 3 is 2.07 bits per heavy atom. The average Bonchev–Trinajstić information content (AvgIpc) is 2.74. The topological polar surface area (TPSA) is 49.7 Å². The number of carboxylic acid groups (broad SMARTS) is 1. The second kappa shape index (κ2) is 9.09. The molecular weight excluding hydrogens is 376 g/mol. The zero-order valence-electron chi connectivity index (χ0n) is 19.9. The molecule has 0 heterocycles. The number of fused-ring (bicyclic) bond motifs is 1. The third-order valence-electron chi connectivity index (χ3n) is 5.85. The molecule has 3 nitrogen and oxygen atoms in total. The standard InChI is InChI=1S/C24H28O2.BHNP.H2/c1-16(14-17-6-8-18(9-7-17)22(25)26)19-10-11-20-21(15-19)24(4,5)13-12-23(20,2)3;1-2-3;/h6-11,14-15H,12-13H2,1-5H3,(H,25,26);3H;1H/b16-14+;;/i;;1+2T. The van der Waals surface area contributed by atoms with Gasteiger partial charge >= 0.3 is 5.97 Å². The summed E-state index contributed by atoms with van der Waals surface area (Å²) in [6, 6.07) is 13.9. The lowest BCUT2D eigenvalue weighted by Crippen LogP contribution is -2.33. The monoisotopic (exact) mass is 411 g/mol. The summed E-state index contributed by atoms with van der Waals surface area (Å²) in [5.41, 5.74) is 7.11. The highest BCUT2D eigenvalue weighted by molar-refractivity contribution is 7.05. The minimum absolute atomic E-state index is 0.199. The summed E-state index contributed by atoms with van der Waals surface area (Å²) in [6.45, 7) is 11.5. The van der Waals surface area contributed by atoms with Crippen LogP contribution in [-0.2, 0) is 10.8 Å². The summed E-state index contributed by atoms with van der Waals surface area (Å²) in [4.78, 5) is 11.0. The molecule has 3 rings (SSSR count). The van der Waals surface area contributed by atoms with Crippen molar-refractivity contribution >= 4 is 34.6 Å². The summed E-state index contributed by atoms with van der Waals surface area (Å²) in [6.07, 6.45) is 4.54. The maximum atomic E-state index is 11.0. The third-order valence-corrected chi connectivity index (χ3v) is 5.85. The number of nitrogens with zero attached hydrogens (tertiary/aromatic N) is 1. The van der Waals surface area contributed by atoms with Gasteiger partial charge in [-0.05, 0) is 79.6 Å². The first-order chi connectivity index (χ1) is 14.5. The smallest absolute Gasteiger partial charge is 0.335 e. The van der Waals surface area contributed by atoms with Crippen LogP contribution < -0.4 is 0 Å². The Morgan fingerprint density at radius 2 is 1.55 bits per heavy atom. The Hall–Kier alpha value is -2.19. The van der Waals surface area contributed by atoms with Gasteiger partial charge < -0.3 is 9.76 Å². The maximum absolute atomic E-state index is 11.0. The van der Waals surface area contributed by atoms with E-state index in [1.165, 1.54) is 35.1 Å². The Kier molecular flexibility index (Phi) is 6.75. The molecule has 2 aromatic carbocycles. The Bertz CT molecular complexity index is 941. The lowest BCUT2D eigenvalue weighted by atomic mass is 9.63. The molecule has 0 aromatic heterocycles. The van der Waals surface area contributed by atoms with Crippen molar-refractivity contribution in [1.29, 1.82) is 0 Å². The molecule has 1 aliphatic carbocycles. The van der Waals surface area contributed by atoms with Gasteiger partial charge in [-0.1, -0.05) is 64.1 Å². The fraction of sp³-hybridized carbons (Fsp3) is 0.375. The van der Waals surface area contributed by atoms with E-state index < -0.39 is 5.97 Å². The molecule has 0 saturated carbocycles. The second-order valence-corrected chi connectivity index (χ2v) is 9.17. The highest BCUT2D eigenvalue weighted by atomic mass is 31.0. The van der Waals surface area contributed by atoms with Gasteiger partial charge in [-0.3, -0.25) is 0 Å². The normalized spacial score (nSPS) is 17.1. The van der Waals surface area contributed by atoms with Crippen molar-refractivity contribution in [1.82, 2.24) is 0 Å². The molecule has 1 N–H and O–H groups in total. The van der Waals surface area contributed by atoms with E-state index in [0.29, 0.717) is 5.56 Å². The van der Waals surface area contributed by atoms with Gasteiger partial charge in [0.1, 0.15) is 0 Å². The van der Waals surface area contributed by atoms with Gasteiger partial charge in [-0.15, -0.1) is 0 Å². The quantitative estimate of drug-likeness (QED) is 0.338. The van der Waals surface area contributed by atoms with Crippen LogP contribution in [0, 0.1) is 0 Å². The minimum Gasteiger partial charge on any atom is -0.478 e. The van der Waals surface area contributed by atoms with Crippen molar-refractivity contribution in [2.45, 2.75) is 58.3 Å². The van der Waals surface area contributed by atoms with E-state index >= 15 is 0 Å². The van der Waals surface area contributed by atoms with Crippen LogP contribution in [0.25, 0.3) is 11.6 Å². The third kappa shape index (κ3) is 5.45. The number of hydrogen-bond donors (Lipinski definition) is 1. The first-order valence-corrected chi connectivity index (χ1v) is 10.2. The Labute approximate surface area is 181 Å². The van der Waals surface area contributed by atoms with E-state index in [0.717, 1.165) is 5.56 Å². The molecule has 2 aromatic rings. The number of allylic oxidation sites excluding steroid dienone is 1. The van der Waals surface area contributed by atoms with Crippen LogP contribution in [0.3, 0.4) is 0 Å². The van der Waals surface area contributed by atoms with Gasteiger partial charge in [0.25, 0.3) is 7.98 Å². The fourth-order valence-corrected chi connectivity index (χ4v) is 3.89. The van der Waals surface area contributed by atoms with E-state index in [4.69, 9.17) is 8.08 Å². The van der Waals surface area contributed by atoms with Crippen molar-refractivity contribution in [2.75, 3.05) is 0 Å². The van der Waals surface area contributed by atoms with E-state index in [1.807, 2.05) is 12.1 Å². The Balaban J connectivity index is 0.000000884. The summed E-state index contributed by atoms with van der Waals surface area (Å²) in [7, 11) is 6.97. The largest absolute Gasteiger partial charge is 0.478 e. The lowest BCUT2D eigenvalue weighted by molar-refractivity contribution is 0.0697. The van der Waals surface area contributed by atoms with Crippen LogP contribution in [-0.4, -0.2) is 19.1 Å². The molecule has 152 valence electrons. The van der Waals surface area contributed by atoms with Crippen LogP contribution in [0.15, 0.2) is 47.1 Å². The number of carbonyl (C=O) groups is 1. The molecule has 5 heteroatoms. The van der Waals surface area contributed by atoms with Crippen molar-refractivity contribution in [3.63, 3.8) is 0 Å². The summed E-state index contributed by atoms with van der Waals surface area (Å²) >= 11 is 0. The van der Waals surface area contributed by atoms with Crippen LogP contribution >= 0.6 is 9.03 Å². The molecule has 1 aliphatic rings. The molecule has 29 heavy (non-hydrogen) atoms. The predicted molar refractivity (Wildman–Crippen MR) is 127 cm³/mol. The summed E-state index contributed by atoms with van der Waals surface area (Å²) in [5, 5.41) is 9.02. The zero-order valence-corrected chi connectivity index (χ0v) is 18.9. The molecule has 0 bridgehead atoms. The predicted octanol–water partition coefficient (Wildman–Crippen LogP) is 6.94. The number of benzene rings is 2. The van der Waals surface area contributed by atoms with Crippen LogP contribution in [0.4, 0.5) is 0 Å². The van der Waals surface area contributed by atoms with Gasteiger partial charge in [0.2, 0.25) is 0 Å². The van der Waals surface area contributed by atoms with Crippen molar-refractivity contribution in [3.8, 4) is 0 Å². The van der Waals surface area contributed by atoms with E-state index in [-0.39, 0.29) is 10.8 Å². The number of aromatic carboxylic acids is 1. The Morgan fingerprint density at radius 1 is 1.07 bits per heavy atom. The van der Waals surface area contributed by atoms with Crippen LogP contribution in [0.1, 0.15) is 83.0 Å². The highest BCUT2D eigenvalue weighted by Crippen LogP contribution is 2.46. The molecule has 0 spiro atoms. The molecule has 0 unspecified atom stereocenters. The maximum Gasteiger partial charge on any atom is 0.335 e. The van der Waals surface area contributed by atoms with E-state index in [2.05, 4.69) is 80.6 Å². The van der Waals surface area contributed by atoms with Crippen molar-refractivity contribution in [3.05, 3.63) is 70.3 Å². The summed E-state index contributed by atoms with van der Waals surface area (Å²) < 4.78 is 12.8. The number of rotatable bonds is 3. The van der Waals surface area contributed by atoms with Gasteiger partial charge in [0.05, 0.1) is 5.56 Å². The average molecular weight is 411 g/mol. The highest BCUT2D eigenvalue weighted by Gasteiger charge is 2.36. The van der Waals surface area contributed by atoms with Crippen molar-refractivity contribution in [2.24, 2.45) is 4.66 Å². The minimum atomic E-state index is -0.892. The second-order valence-electron chi connectivity index (χ2n) is 8.91. The molecule has 0 atom stereocenters. The van der Waals surface area contributed by atoms with Crippen LogP contribution in [0.2, 0.25) is 0 Å². The van der Waals surface area contributed by atoms with Gasteiger partial charge in [0.15, 0.2) is 0 Å². The van der Waals surface area contributed by atoms with Gasteiger partial charge in [-0.2, -0.15) is 0 Å². The van der Waals surface area contributed by atoms with Crippen LogP contribution in [0.5, 0.6) is 0 Å². The first-order valence-electron chi connectivity index (χ1n) is 10.8. The molecule has 0 amide bonds. The van der Waals surface area contributed by atoms with Gasteiger partial charge in [0, 0.05) is 2.97 Å². The van der Waals surface area contributed by atoms with E-state index in [9.17, 15) is 4.79 Å². The van der Waals surface area contributed by atoms with E-state index in [1.54, 1.807) is 12.1 Å².